The molecule has 0 heterocycles. The van der Waals surface area contributed by atoms with Crippen molar-refractivity contribution in [2.75, 3.05) is 6.61 Å². The smallest absolute Gasteiger partial charge is 0.416 e. The SMILES string of the molecule is C=CCOc1ccc(-c2ccc3cc(C(F)(F)F)ccc3c2)cc1. The first kappa shape index (κ1) is 16.1. The minimum absolute atomic E-state index is 0.441. The molecule has 0 bridgehead atoms. The molecule has 0 aromatic heterocycles. The first-order valence-corrected chi connectivity index (χ1v) is 7.42. The molecule has 0 spiro atoms. The predicted molar refractivity (Wildman–Crippen MR) is 90.1 cm³/mol. The molecule has 0 amide bonds. The summed E-state index contributed by atoms with van der Waals surface area (Å²) >= 11 is 0. The third-order valence-corrected chi connectivity index (χ3v) is 3.72. The highest BCUT2D eigenvalue weighted by Gasteiger charge is 2.30. The number of alkyl halides is 3. The molecule has 0 atom stereocenters. The molecule has 24 heavy (non-hydrogen) atoms. The van der Waals surface area contributed by atoms with Crippen molar-refractivity contribution in [2.24, 2.45) is 0 Å². The van der Waals surface area contributed by atoms with Crippen LogP contribution in [0.1, 0.15) is 5.56 Å². The Labute approximate surface area is 138 Å². The van der Waals surface area contributed by atoms with Gasteiger partial charge in [-0.05, 0) is 52.2 Å². The van der Waals surface area contributed by atoms with Crippen LogP contribution >= 0.6 is 0 Å². The second-order valence-electron chi connectivity index (χ2n) is 5.40. The van der Waals surface area contributed by atoms with E-state index in [1.165, 1.54) is 12.1 Å². The van der Waals surface area contributed by atoms with Gasteiger partial charge >= 0.3 is 6.18 Å². The number of benzene rings is 3. The normalized spacial score (nSPS) is 11.5. The van der Waals surface area contributed by atoms with Crippen LogP contribution in [0.2, 0.25) is 0 Å². The van der Waals surface area contributed by atoms with Gasteiger partial charge in [-0.3, -0.25) is 0 Å². The van der Waals surface area contributed by atoms with Crippen molar-refractivity contribution in [1.29, 1.82) is 0 Å². The van der Waals surface area contributed by atoms with Crippen LogP contribution in [-0.4, -0.2) is 6.61 Å². The summed E-state index contributed by atoms with van der Waals surface area (Å²) in [5.41, 5.74) is 1.28. The molecule has 0 aliphatic rings. The maximum Gasteiger partial charge on any atom is 0.416 e. The lowest BCUT2D eigenvalue weighted by Crippen LogP contribution is -2.04. The highest BCUT2D eigenvalue weighted by molar-refractivity contribution is 5.88. The van der Waals surface area contributed by atoms with Gasteiger partial charge in [0.1, 0.15) is 12.4 Å². The molecule has 0 saturated heterocycles. The third kappa shape index (κ3) is 3.43. The van der Waals surface area contributed by atoms with Crippen LogP contribution < -0.4 is 4.74 Å². The fourth-order valence-electron chi connectivity index (χ4n) is 2.50. The van der Waals surface area contributed by atoms with Crippen molar-refractivity contribution >= 4 is 10.8 Å². The van der Waals surface area contributed by atoms with Crippen LogP contribution in [0, 0.1) is 0 Å². The molecule has 0 N–H and O–H groups in total. The minimum atomic E-state index is -4.33. The lowest BCUT2D eigenvalue weighted by Gasteiger charge is -2.09. The second-order valence-corrected chi connectivity index (χ2v) is 5.40. The molecule has 0 aliphatic heterocycles. The largest absolute Gasteiger partial charge is 0.490 e. The van der Waals surface area contributed by atoms with E-state index in [0.717, 1.165) is 28.3 Å². The quantitative estimate of drug-likeness (QED) is 0.527. The molecule has 3 aromatic carbocycles. The fraction of sp³-hybridized carbons (Fsp3) is 0.100. The Hall–Kier alpha value is -2.75. The Morgan fingerprint density at radius 2 is 1.46 bits per heavy atom. The zero-order valence-corrected chi connectivity index (χ0v) is 12.8. The lowest BCUT2D eigenvalue weighted by atomic mass is 10.00. The standard InChI is InChI=1S/C20H15F3O/c1-2-11-24-19-9-6-14(7-10-19)15-3-4-17-13-18(20(21,22)23)8-5-16(17)12-15/h2-10,12-13H,1,11H2. The Kier molecular flexibility index (Phi) is 4.30. The van der Waals surface area contributed by atoms with Gasteiger partial charge in [0.15, 0.2) is 0 Å². The van der Waals surface area contributed by atoms with E-state index in [0.29, 0.717) is 12.0 Å². The van der Waals surface area contributed by atoms with Crippen LogP contribution in [0.4, 0.5) is 13.2 Å². The first-order valence-electron chi connectivity index (χ1n) is 7.42. The van der Waals surface area contributed by atoms with Gasteiger partial charge < -0.3 is 4.74 Å². The van der Waals surface area contributed by atoms with Gasteiger partial charge in [0, 0.05) is 0 Å². The van der Waals surface area contributed by atoms with Gasteiger partial charge in [0.05, 0.1) is 5.56 Å². The lowest BCUT2D eigenvalue weighted by molar-refractivity contribution is -0.137. The minimum Gasteiger partial charge on any atom is -0.490 e. The molecule has 0 radical (unpaired) electrons. The molecular weight excluding hydrogens is 313 g/mol. The maximum atomic E-state index is 12.8. The number of hydrogen-bond acceptors (Lipinski definition) is 1. The van der Waals surface area contributed by atoms with Crippen LogP contribution in [0.15, 0.2) is 73.3 Å². The van der Waals surface area contributed by atoms with Crippen molar-refractivity contribution in [3.05, 3.63) is 78.9 Å². The van der Waals surface area contributed by atoms with Gasteiger partial charge in [-0.25, -0.2) is 0 Å². The van der Waals surface area contributed by atoms with Crippen LogP contribution in [-0.2, 0) is 6.18 Å². The van der Waals surface area contributed by atoms with E-state index in [2.05, 4.69) is 6.58 Å². The van der Waals surface area contributed by atoms with Gasteiger partial charge in [0.25, 0.3) is 0 Å². The zero-order valence-electron chi connectivity index (χ0n) is 12.8. The summed E-state index contributed by atoms with van der Waals surface area (Å²) < 4.78 is 43.7. The van der Waals surface area contributed by atoms with E-state index in [9.17, 15) is 13.2 Å². The summed E-state index contributed by atoms with van der Waals surface area (Å²) in [4.78, 5) is 0. The van der Waals surface area contributed by atoms with Crippen molar-refractivity contribution in [3.8, 4) is 16.9 Å². The van der Waals surface area contributed by atoms with E-state index in [1.54, 1.807) is 12.1 Å². The molecule has 0 unspecified atom stereocenters. The van der Waals surface area contributed by atoms with Gasteiger partial charge in [0.2, 0.25) is 0 Å². The summed E-state index contributed by atoms with van der Waals surface area (Å²) in [5, 5.41) is 1.34. The van der Waals surface area contributed by atoms with Crippen molar-refractivity contribution in [3.63, 3.8) is 0 Å². The van der Waals surface area contributed by atoms with Crippen molar-refractivity contribution in [2.45, 2.75) is 6.18 Å². The fourth-order valence-corrected chi connectivity index (χ4v) is 2.50. The van der Waals surface area contributed by atoms with Crippen molar-refractivity contribution in [1.82, 2.24) is 0 Å². The van der Waals surface area contributed by atoms with Gasteiger partial charge in [-0.15, -0.1) is 0 Å². The Balaban J connectivity index is 1.91. The number of fused-ring (bicyclic) bond motifs is 1. The molecule has 122 valence electrons. The summed E-state index contributed by atoms with van der Waals surface area (Å²) in [6, 6.07) is 16.8. The summed E-state index contributed by atoms with van der Waals surface area (Å²) in [6.07, 6.45) is -2.65. The second kappa shape index (κ2) is 6.40. The van der Waals surface area contributed by atoms with E-state index in [-0.39, 0.29) is 0 Å². The first-order chi connectivity index (χ1) is 11.5. The number of hydrogen-bond donors (Lipinski definition) is 0. The molecule has 0 saturated carbocycles. The molecule has 0 aliphatic carbocycles. The summed E-state index contributed by atoms with van der Waals surface area (Å²) in [6.45, 7) is 4.04. The van der Waals surface area contributed by atoms with Gasteiger partial charge in [-0.2, -0.15) is 13.2 Å². The molecular formula is C20H15F3O. The molecule has 3 rings (SSSR count). The molecule has 3 aromatic rings. The van der Waals surface area contributed by atoms with Crippen molar-refractivity contribution < 1.29 is 17.9 Å². The number of rotatable bonds is 4. The van der Waals surface area contributed by atoms with Gasteiger partial charge in [-0.1, -0.05) is 43.0 Å². The average Bonchev–Trinajstić information content (AvgIpc) is 2.58. The maximum absolute atomic E-state index is 12.8. The Morgan fingerprint density at radius 1 is 0.833 bits per heavy atom. The number of halogens is 3. The van der Waals surface area contributed by atoms with E-state index >= 15 is 0 Å². The summed E-state index contributed by atoms with van der Waals surface area (Å²) in [5.74, 6) is 0.745. The topological polar surface area (TPSA) is 9.23 Å². The average molecular weight is 328 g/mol. The summed E-state index contributed by atoms with van der Waals surface area (Å²) in [7, 11) is 0. The predicted octanol–water partition coefficient (Wildman–Crippen LogP) is 6.09. The zero-order chi connectivity index (χ0) is 17.2. The monoisotopic (exact) mass is 328 g/mol. The Morgan fingerprint density at radius 3 is 2.12 bits per heavy atom. The van der Waals surface area contributed by atoms with E-state index in [4.69, 9.17) is 4.74 Å². The molecule has 4 heteroatoms. The number of ether oxygens (including phenoxy) is 1. The van der Waals surface area contributed by atoms with E-state index in [1.807, 2.05) is 36.4 Å². The third-order valence-electron chi connectivity index (χ3n) is 3.72. The van der Waals surface area contributed by atoms with Crippen LogP contribution in [0.3, 0.4) is 0 Å². The highest BCUT2D eigenvalue weighted by atomic mass is 19.4. The molecule has 0 fully saturated rings. The highest BCUT2D eigenvalue weighted by Crippen LogP contribution is 2.33. The Bertz CT molecular complexity index is 864. The van der Waals surface area contributed by atoms with Crippen LogP contribution in [0.25, 0.3) is 21.9 Å². The molecule has 1 nitrogen and oxygen atoms in total. The van der Waals surface area contributed by atoms with Crippen LogP contribution in [0.5, 0.6) is 5.75 Å². The van der Waals surface area contributed by atoms with E-state index < -0.39 is 11.7 Å².